The van der Waals surface area contributed by atoms with Gasteiger partial charge in [-0.25, -0.2) is 4.79 Å². The van der Waals surface area contributed by atoms with E-state index in [0.29, 0.717) is 27.1 Å². The monoisotopic (exact) mass is 355 g/mol. The highest BCUT2D eigenvalue weighted by molar-refractivity contribution is 6.60. The van der Waals surface area contributed by atoms with Crippen LogP contribution < -0.4 is 11.0 Å². The van der Waals surface area contributed by atoms with E-state index < -0.39 is 5.69 Å². The van der Waals surface area contributed by atoms with Crippen LogP contribution >= 0.6 is 23.2 Å². The van der Waals surface area contributed by atoms with E-state index >= 15 is 0 Å². The summed E-state index contributed by atoms with van der Waals surface area (Å²) in [7, 11) is 6.03. The van der Waals surface area contributed by atoms with E-state index in [-0.39, 0.29) is 5.24 Å². The minimum Gasteiger partial charge on any atom is -0.387 e. The van der Waals surface area contributed by atoms with Gasteiger partial charge in [-0.2, -0.15) is 4.98 Å². The van der Waals surface area contributed by atoms with E-state index in [0.717, 1.165) is 5.39 Å². The highest BCUT2D eigenvalue weighted by Crippen LogP contribution is 2.28. The lowest BCUT2D eigenvalue weighted by Crippen LogP contribution is -2.41. The number of fused-ring (bicyclic) bond motifs is 1. The summed E-state index contributed by atoms with van der Waals surface area (Å²) in [4.78, 5) is 16.9. The number of rotatable bonds is 3. The van der Waals surface area contributed by atoms with Crippen LogP contribution in [0, 0.1) is 0 Å². The first-order chi connectivity index (χ1) is 11.3. The topological polar surface area (TPSA) is 46.9 Å². The number of halogens is 2. The first-order valence-electron chi connectivity index (χ1n) is 7.52. The zero-order chi connectivity index (χ0) is 17.5. The quantitative estimate of drug-likeness (QED) is 0.701. The molecule has 1 heterocycles. The fourth-order valence-electron chi connectivity index (χ4n) is 2.52. The average Bonchev–Trinajstić information content (AvgIpc) is 2.47. The zero-order valence-electron chi connectivity index (χ0n) is 13.6. The molecule has 0 unspecified atom stereocenters. The van der Waals surface area contributed by atoms with Gasteiger partial charge in [0.05, 0.1) is 16.2 Å². The van der Waals surface area contributed by atoms with Crippen molar-refractivity contribution in [2.75, 3.05) is 5.32 Å². The van der Waals surface area contributed by atoms with Crippen molar-refractivity contribution in [3.05, 3.63) is 63.0 Å². The predicted octanol–water partition coefficient (Wildman–Crippen LogP) is 0.615. The molecule has 2 aromatic carbocycles. The largest absolute Gasteiger partial charge is 0.387 e. The van der Waals surface area contributed by atoms with Crippen LogP contribution in [-0.4, -0.2) is 38.3 Å². The average molecular weight is 356 g/mol. The molecule has 0 aliphatic heterocycles. The Morgan fingerprint density at radius 3 is 2.46 bits per heavy atom. The third kappa shape index (κ3) is 3.33. The standard InChI is InChI=1S/C15H14B3Cl2N3O/c16-15(17,18)22-13-9-6-5-8(19)7-12(9)23(14(24)21-13)11-4-2-1-3-10(11)20/h1-7H,16-18H2,(H,21,22,24). The third-order valence-electron chi connectivity index (χ3n) is 3.44. The molecule has 24 heavy (non-hydrogen) atoms. The van der Waals surface area contributed by atoms with E-state index in [4.69, 9.17) is 23.2 Å². The van der Waals surface area contributed by atoms with E-state index in [1.54, 1.807) is 24.3 Å². The number of para-hydroxylation sites is 1. The van der Waals surface area contributed by atoms with Gasteiger partial charge in [0.1, 0.15) is 29.4 Å². The van der Waals surface area contributed by atoms with Gasteiger partial charge in [0.2, 0.25) is 0 Å². The van der Waals surface area contributed by atoms with Gasteiger partial charge in [0.15, 0.2) is 0 Å². The molecule has 1 aromatic heterocycles. The summed E-state index contributed by atoms with van der Waals surface area (Å²) < 4.78 is 1.48. The second-order valence-corrected chi connectivity index (χ2v) is 7.41. The Hall–Kier alpha value is -1.85. The number of hydrogen-bond donors (Lipinski definition) is 1. The van der Waals surface area contributed by atoms with Crippen molar-refractivity contribution in [2.24, 2.45) is 0 Å². The molecule has 1 N–H and O–H groups in total. The lowest BCUT2D eigenvalue weighted by molar-refractivity contribution is 0.956. The molecule has 3 aromatic rings. The fraction of sp³-hybridized carbons (Fsp3) is 0.0667. The zero-order valence-corrected chi connectivity index (χ0v) is 15.1. The number of hydrogen-bond acceptors (Lipinski definition) is 3. The summed E-state index contributed by atoms with van der Waals surface area (Å²) in [5, 5.41) is 4.85. The number of nitrogens with zero attached hydrogens (tertiary/aromatic N) is 2. The molecule has 0 saturated heterocycles. The molecule has 0 fully saturated rings. The Morgan fingerprint density at radius 1 is 1.08 bits per heavy atom. The summed E-state index contributed by atoms with van der Waals surface area (Å²) in [6.45, 7) is 0. The molecule has 0 radical (unpaired) electrons. The van der Waals surface area contributed by atoms with Crippen LogP contribution in [-0.2, 0) is 0 Å². The van der Waals surface area contributed by atoms with Crippen LogP contribution in [0.3, 0.4) is 0 Å². The maximum Gasteiger partial charge on any atom is 0.354 e. The highest BCUT2D eigenvalue weighted by atomic mass is 35.5. The Kier molecular flexibility index (Phi) is 4.41. The van der Waals surface area contributed by atoms with Crippen LogP contribution in [0.25, 0.3) is 16.6 Å². The van der Waals surface area contributed by atoms with Crippen LogP contribution in [0.15, 0.2) is 47.3 Å². The Balaban J connectivity index is 2.38. The Morgan fingerprint density at radius 2 is 1.79 bits per heavy atom. The summed E-state index contributed by atoms with van der Waals surface area (Å²) in [5.41, 5.74) is 0.818. The normalized spacial score (nSPS) is 11.6. The number of aromatic nitrogens is 2. The third-order valence-corrected chi connectivity index (χ3v) is 4.00. The van der Waals surface area contributed by atoms with Crippen molar-refractivity contribution in [1.29, 1.82) is 0 Å². The maximum absolute atomic E-state index is 12.7. The molecule has 4 nitrogen and oxygen atoms in total. The molecule has 0 saturated carbocycles. The maximum atomic E-state index is 12.7. The van der Waals surface area contributed by atoms with Gasteiger partial charge in [0.25, 0.3) is 0 Å². The molecule has 3 rings (SSSR count). The minimum atomic E-state index is -0.412. The van der Waals surface area contributed by atoms with Gasteiger partial charge in [-0.3, -0.25) is 4.57 Å². The number of benzene rings is 2. The second-order valence-electron chi connectivity index (χ2n) is 6.57. The van der Waals surface area contributed by atoms with Crippen LogP contribution in [0.2, 0.25) is 10.0 Å². The predicted molar refractivity (Wildman–Crippen MR) is 109 cm³/mol. The number of anilines is 1. The molecule has 0 aliphatic carbocycles. The van der Waals surface area contributed by atoms with Crippen LogP contribution in [0.5, 0.6) is 0 Å². The second kappa shape index (κ2) is 6.22. The van der Waals surface area contributed by atoms with Crippen molar-refractivity contribution in [2.45, 2.75) is 5.24 Å². The molecule has 0 bridgehead atoms. The number of nitrogens with one attached hydrogen (secondary N) is 1. The summed E-state index contributed by atoms with van der Waals surface area (Å²) >= 11 is 12.4. The van der Waals surface area contributed by atoms with Gasteiger partial charge in [-0.15, -0.1) is 0 Å². The molecular formula is C15H14B3Cl2N3O. The van der Waals surface area contributed by atoms with Crippen molar-refractivity contribution >= 4 is 63.5 Å². The smallest absolute Gasteiger partial charge is 0.354 e. The fourth-order valence-corrected chi connectivity index (χ4v) is 2.90. The van der Waals surface area contributed by atoms with Gasteiger partial charge < -0.3 is 5.32 Å². The summed E-state index contributed by atoms with van der Waals surface area (Å²) in [6, 6.07) is 12.5. The van der Waals surface area contributed by atoms with Crippen LogP contribution in [0.4, 0.5) is 5.82 Å². The Bertz CT molecular complexity index is 986. The van der Waals surface area contributed by atoms with Gasteiger partial charge >= 0.3 is 5.69 Å². The van der Waals surface area contributed by atoms with E-state index in [9.17, 15) is 4.79 Å². The van der Waals surface area contributed by atoms with Crippen molar-refractivity contribution in [3.63, 3.8) is 0 Å². The van der Waals surface area contributed by atoms with E-state index in [1.165, 1.54) is 4.57 Å². The van der Waals surface area contributed by atoms with Gasteiger partial charge in [-0.05, 0) is 35.6 Å². The molecular weight excluding hydrogens is 342 g/mol. The molecule has 0 spiro atoms. The van der Waals surface area contributed by atoms with Gasteiger partial charge in [0, 0.05) is 10.4 Å². The highest BCUT2D eigenvalue weighted by Gasteiger charge is 2.18. The molecule has 0 aliphatic rings. The Labute approximate surface area is 152 Å². The molecule has 0 atom stereocenters. The van der Waals surface area contributed by atoms with Gasteiger partial charge in [-0.1, -0.05) is 35.3 Å². The van der Waals surface area contributed by atoms with E-state index in [1.807, 2.05) is 41.7 Å². The van der Waals surface area contributed by atoms with Crippen LogP contribution in [0.1, 0.15) is 0 Å². The molecule has 0 amide bonds. The van der Waals surface area contributed by atoms with Crippen molar-refractivity contribution in [1.82, 2.24) is 9.55 Å². The molecule has 118 valence electrons. The minimum absolute atomic E-state index is 0.234. The first-order valence-corrected chi connectivity index (χ1v) is 8.27. The van der Waals surface area contributed by atoms with E-state index in [2.05, 4.69) is 10.3 Å². The lowest BCUT2D eigenvalue weighted by atomic mass is 9.49. The summed E-state index contributed by atoms with van der Waals surface area (Å²) in [5.74, 6) is 0.530. The lowest BCUT2D eigenvalue weighted by Gasteiger charge is -2.23. The van der Waals surface area contributed by atoms with Crippen molar-refractivity contribution in [3.8, 4) is 5.69 Å². The van der Waals surface area contributed by atoms with Crippen molar-refractivity contribution < 1.29 is 0 Å². The first kappa shape index (κ1) is 17.0. The molecule has 9 heteroatoms. The summed E-state index contributed by atoms with van der Waals surface area (Å²) in [6.07, 6.45) is 0. The SMILES string of the molecule is BC(B)(B)Nc1nc(=O)n(-c2ccccc2Cl)c2cc(Cl)ccc12.